The van der Waals surface area contributed by atoms with Crippen molar-refractivity contribution in [2.45, 2.75) is 32.8 Å². The van der Waals surface area contributed by atoms with Crippen molar-refractivity contribution in [3.8, 4) is 0 Å². The SMILES string of the molecule is CC(C)(C)OC(=O)N1CCC=C(C2=NC=NC3=CN=C4NC=CC4[C@H]32)C1. The molecule has 4 rings (SSSR count). The van der Waals surface area contributed by atoms with Crippen molar-refractivity contribution in [1.29, 1.82) is 0 Å². The van der Waals surface area contributed by atoms with E-state index in [0.717, 1.165) is 29.2 Å². The summed E-state index contributed by atoms with van der Waals surface area (Å²) >= 11 is 0. The van der Waals surface area contributed by atoms with E-state index in [1.165, 1.54) is 0 Å². The van der Waals surface area contributed by atoms with E-state index in [-0.39, 0.29) is 17.9 Å². The Bertz CT molecular complexity index is 810. The summed E-state index contributed by atoms with van der Waals surface area (Å²) < 4.78 is 5.53. The number of hydrogen-bond donors (Lipinski definition) is 1. The van der Waals surface area contributed by atoms with Gasteiger partial charge in [-0.25, -0.2) is 19.8 Å². The van der Waals surface area contributed by atoms with Gasteiger partial charge in [-0.15, -0.1) is 0 Å². The standard InChI is InChI=1S/C19H23N5O2/c1-19(2,3)26-18(25)24-8-4-5-12(10-24)16-15-13-6-7-20-17(13)21-9-14(15)22-11-23-16/h5-7,9,11,13,15H,4,8,10H2,1-3H3,(H,20,21)/t13?,15-/m1/s1. The minimum atomic E-state index is -0.502. The van der Waals surface area contributed by atoms with Crippen LogP contribution >= 0.6 is 0 Å². The van der Waals surface area contributed by atoms with Gasteiger partial charge >= 0.3 is 6.09 Å². The Balaban J connectivity index is 1.56. The Morgan fingerprint density at radius 3 is 3.00 bits per heavy atom. The van der Waals surface area contributed by atoms with Crippen LogP contribution in [0.4, 0.5) is 4.79 Å². The van der Waals surface area contributed by atoms with Crippen LogP contribution < -0.4 is 5.32 Å². The van der Waals surface area contributed by atoms with Gasteiger partial charge in [0.25, 0.3) is 0 Å². The van der Waals surface area contributed by atoms with Crippen LogP contribution in [0.1, 0.15) is 27.2 Å². The average molecular weight is 353 g/mol. The zero-order valence-electron chi connectivity index (χ0n) is 15.3. The number of amidine groups is 1. The molecule has 0 saturated carbocycles. The van der Waals surface area contributed by atoms with Crippen molar-refractivity contribution < 1.29 is 9.53 Å². The van der Waals surface area contributed by atoms with Crippen molar-refractivity contribution >= 4 is 24.0 Å². The number of hydrogen-bond acceptors (Lipinski definition) is 6. The average Bonchev–Trinajstić information content (AvgIpc) is 3.09. The minimum Gasteiger partial charge on any atom is -0.444 e. The molecule has 0 fully saturated rings. The Morgan fingerprint density at radius 1 is 1.35 bits per heavy atom. The fraction of sp³-hybridized carbons (Fsp3) is 0.474. The molecule has 0 aromatic heterocycles. The second-order valence-electron chi connectivity index (χ2n) is 7.75. The first-order valence-corrected chi connectivity index (χ1v) is 8.91. The summed E-state index contributed by atoms with van der Waals surface area (Å²) in [6, 6.07) is 0. The predicted molar refractivity (Wildman–Crippen MR) is 101 cm³/mol. The maximum Gasteiger partial charge on any atom is 0.410 e. The van der Waals surface area contributed by atoms with Crippen LogP contribution in [0.15, 0.2) is 50.8 Å². The number of carbonyl (C=O) groups excluding carboxylic acids is 1. The molecule has 0 aromatic carbocycles. The Kier molecular flexibility index (Phi) is 4.01. The lowest BCUT2D eigenvalue weighted by Gasteiger charge is -2.34. The van der Waals surface area contributed by atoms with Crippen LogP contribution in [0.2, 0.25) is 0 Å². The third kappa shape index (κ3) is 3.09. The zero-order chi connectivity index (χ0) is 18.3. The first-order chi connectivity index (χ1) is 12.4. The summed E-state index contributed by atoms with van der Waals surface area (Å²) in [4.78, 5) is 27.7. The molecule has 4 aliphatic rings. The molecule has 1 amide bonds. The van der Waals surface area contributed by atoms with Crippen molar-refractivity contribution in [2.75, 3.05) is 13.1 Å². The monoisotopic (exact) mass is 353 g/mol. The summed E-state index contributed by atoms with van der Waals surface area (Å²) in [6.07, 6.45) is 10.1. The van der Waals surface area contributed by atoms with E-state index in [1.807, 2.05) is 27.0 Å². The Labute approximate surface area is 152 Å². The van der Waals surface area contributed by atoms with E-state index in [0.29, 0.717) is 13.1 Å². The number of nitrogens with zero attached hydrogens (tertiary/aromatic N) is 4. The predicted octanol–water partition coefficient (Wildman–Crippen LogP) is 2.64. The van der Waals surface area contributed by atoms with Gasteiger partial charge in [0, 0.05) is 6.54 Å². The Hall–Kier alpha value is -2.70. The molecule has 1 unspecified atom stereocenters. The molecule has 7 nitrogen and oxygen atoms in total. The number of fused-ring (bicyclic) bond motifs is 3. The second kappa shape index (κ2) is 6.23. The van der Waals surface area contributed by atoms with Gasteiger partial charge in [0.05, 0.1) is 36.0 Å². The Morgan fingerprint density at radius 2 is 2.19 bits per heavy atom. The van der Waals surface area contributed by atoms with E-state index in [9.17, 15) is 4.79 Å². The van der Waals surface area contributed by atoms with Crippen molar-refractivity contribution in [3.05, 3.63) is 35.8 Å². The van der Waals surface area contributed by atoms with Gasteiger partial charge in [-0.3, -0.25) is 0 Å². The molecule has 0 aromatic rings. The molecule has 0 bridgehead atoms. The third-order valence-electron chi connectivity index (χ3n) is 4.69. The maximum absolute atomic E-state index is 12.5. The summed E-state index contributed by atoms with van der Waals surface area (Å²) in [5.74, 6) is 1.07. The molecule has 7 heteroatoms. The molecule has 4 heterocycles. The smallest absolute Gasteiger partial charge is 0.410 e. The van der Waals surface area contributed by atoms with Crippen LogP contribution in [0.25, 0.3) is 0 Å². The lowest BCUT2D eigenvalue weighted by Crippen LogP contribution is -2.43. The number of allylic oxidation sites excluding steroid dienone is 1. The van der Waals surface area contributed by atoms with Crippen molar-refractivity contribution in [1.82, 2.24) is 10.2 Å². The molecule has 2 atom stereocenters. The number of aliphatic imine (C=N–C) groups is 3. The molecule has 0 spiro atoms. The highest BCUT2D eigenvalue weighted by molar-refractivity contribution is 6.12. The quantitative estimate of drug-likeness (QED) is 0.787. The lowest BCUT2D eigenvalue weighted by atomic mass is 9.80. The van der Waals surface area contributed by atoms with E-state index in [4.69, 9.17) is 4.74 Å². The molecule has 0 aliphatic carbocycles. The van der Waals surface area contributed by atoms with E-state index in [2.05, 4.69) is 32.4 Å². The minimum absolute atomic E-state index is 0.0311. The van der Waals surface area contributed by atoms with Crippen LogP contribution in [0.5, 0.6) is 0 Å². The molecule has 136 valence electrons. The maximum atomic E-state index is 12.5. The van der Waals surface area contributed by atoms with Gasteiger partial charge in [0.15, 0.2) is 0 Å². The van der Waals surface area contributed by atoms with Crippen LogP contribution in [0.3, 0.4) is 0 Å². The lowest BCUT2D eigenvalue weighted by molar-refractivity contribution is 0.0265. The number of amides is 1. The van der Waals surface area contributed by atoms with Gasteiger partial charge in [0.1, 0.15) is 17.8 Å². The fourth-order valence-corrected chi connectivity index (χ4v) is 3.57. The second-order valence-corrected chi connectivity index (χ2v) is 7.75. The molecule has 0 radical (unpaired) electrons. The van der Waals surface area contributed by atoms with Gasteiger partial charge < -0.3 is 15.0 Å². The highest BCUT2D eigenvalue weighted by Crippen LogP contribution is 2.35. The number of carbonyl (C=O) groups is 1. The van der Waals surface area contributed by atoms with Gasteiger partial charge in [-0.2, -0.15) is 0 Å². The summed E-state index contributed by atoms with van der Waals surface area (Å²) in [6.45, 7) is 6.80. The fourth-order valence-electron chi connectivity index (χ4n) is 3.57. The zero-order valence-corrected chi connectivity index (χ0v) is 15.3. The largest absolute Gasteiger partial charge is 0.444 e. The molecular formula is C19H23N5O2. The third-order valence-corrected chi connectivity index (χ3v) is 4.69. The highest BCUT2D eigenvalue weighted by atomic mass is 16.6. The van der Waals surface area contributed by atoms with E-state index in [1.54, 1.807) is 17.4 Å². The first kappa shape index (κ1) is 16.8. The molecule has 26 heavy (non-hydrogen) atoms. The topological polar surface area (TPSA) is 78.7 Å². The number of rotatable bonds is 1. The van der Waals surface area contributed by atoms with Gasteiger partial charge in [0.2, 0.25) is 0 Å². The molecule has 1 N–H and O–H groups in total. The number of ether oxygens (including phenoxy) is 1. The molecule has 0 saturated heterocycles. The highest BCUT2D eigenvalue weighted by Gasteiger charge is 2.39. The summed E-state index contributed by atoms with van der Waals surface area (Å²) in [5.41, 5.74) is 2.43. The van der Waals surface area contributed by atoms with Crippen molar-refractivity contribution in [2.24, 2.45) is 26.8 Å². The normalized spacial score (nSPS) is 26.8. The van der Waals surface area contributed by atoms with Crippen LogP contribution in [-0.4, -0.2) is 47.6 Å². The van der Waals surface area contributed by atoms with E-state index < -0.39 is 5.60 Å². The van der Waals surface area contributed by atoms with Crippen molar-refractivity contribution in [3.63, 3.8) is 0 Å². The van der Waals surface area contributed by atoms with E-state index >= 15 is 0 Å². The molecule has 4 aliphatic heterocycles. The summed E-state index contributed by atoms with van der Waals surface area (Å²) in [7, 11) is 0. The first-order valence-electron chi connectivity index (χ1n) is 8.91. The van der Waals surface area contributed by atoms with Crippen LogP contribution in [-0.2, 0) is 4.74 Å². The van der Waals surface area contributed by atoms with Gasteiger partial charge in [-0.05, 0) is 39.0 Å². The number of nitrogens with one attached hydrogen (secondary N) is 1. The van der Waals surface area contributed by atoms with Gasteiger partial charge in [-0.1, -0.05) is 12.2 Å². The molecular weight excluding hydrogens is 330 g/mol. The van der Waals surface area contributed by atoms with Crippen LogP contribution in [0, 0.1) is 11.8 Å². The summed E-state index contributed by atoms with van der Waals surface area (Å²) in [5, 5.41) is 3.18.